The topological polar surface area (TPSA) is 90.7 Å². The Morgan fingerprint density at radius 2 is 1.47 bits per heavy atom. The molecular formula is C12H11NO4. The van der Waals surface area contributed by atoms with Crippen LogP contribution in [0.2, 0.25) is 0 Å². The molecule has 0 radical (unpaired) electrons. The highest BCUT2D eigenvalue weighted by Crippen LogP contribution is 2.25. The molecule has 0 aliphatic carbocycles. The maximum Gasteiger partial charge on any atom is 0.343 e. The Bertz CT molecular complexity index is 438. The van der Waals surface area contributed by atoms with E-state index in [1.165, 1.54) is 18.2 Å². The predicted molar refractivity (Wildman–Crippen MR) is 61.0 cm³/mol. The lowest BCUT2D eigenvalue weighted by atomic mass is 10.2. The van der Waals surface area contributed by atoms with E-state index in [0.29, 0.717) is 0 Å². The molecule has 88 valence electrons. The summed E-state index contributed by atoms with van der Waals surface area (Å²) in [5.41, 5.74) is -0.465. The third kappa shape index (κ3) is 3.83. The molecule has 3 N–H and O–H groups in total. The molecule has 17 heavy (non-hydrogen) atoms. The number of aromatic nitrogens is 1. The molecule has 0 aliphatic rings. The Balaban J connectivity index is 0.000000202. The Morgan fingerprint density at radius 1 is 0.941 bits per heavy atom. The number of carboxylic acids is 1. The summed E-state index contributed by atoms with van der Waals surface area (Å²) >= 11 is 0. The van der Waals surface area contributed by atoms with E-state index < -0.39 is 23.0 Å². The van der Waals surface area contributed by atoms with Crippen LogP contribution in [-0.4, -0.2) is 26.3 Å². The summed E-state index contributed by atoms with van der Waals surface area (Å²) in [4.78, 5) is 14.1. The first kappa shape index (κ1) is 12.5. The van der Waals surface area contributed by atoms with E-state index >= 15 is 0 Å². The number of aromatic carboxylic acids is 1. The number of carboxylic acid groups (broad SMARTS) is 1. The largest absolute Gasteiger partial charge is 0.507 e. The molecule has 0 saturated carbocycles. The molecule has 2 rings (SSSR count). The van der Waals surface area contributed by atoms with Crippen molar-refractivity contribution in [3.05, 3.63) is 54.4 Å². The van der Waals surface area contributed by atoms with Crippen LogP contribution in [0.4, 0.5) is 0 Å². The first-order valence-electron chi connectivity index (χ1n) is 4.72. The third-order valence-electron chi connectivity index (χ3n) is 1.80. The smallest absolute Gasteiger partial charge is 0.343 e. The molecule has 5 heteroatoms. The lowest BCUT2D eigenvalue weighted by molar-refractivity contribution is 0.0690. The number of benzene rings is 1. The Labute approximate surface area is 97.6 Å². The van der Waals surface area contributed by atoms with Crippen molar-refractivity contribution in [1.29, 1.82) is 0 Å². The van der Waals surface area contributed by atoms with Gasteiger partial charge >= 0.3 is 5.97 Å². The van der Waals surface area contributed by atoms with Gasteiger partial charge in [0.25, 0.3) is 0 Å². The van der Waals surface area contributed by atoms with Gasteiger partial charge < -0.3 is 15.3 Å². The molecule has 0 spiro atoms. The fraction of sp³-hybridized carbons (Fsp3) is 0. The van der Waals surface area contributed by atoms with E-state index in [1.807, 2.05) is 18.2 Å². The van der Waals surface area contributed by atoms with Crippen LogP contribution in [0.25, 0.3) is 0 Å². The number of hydrogen-bond acceptors (Lipinski definition) is 4. The lowest BCUT2D eigenvalue weighted by Gasteiger charge is -1.99. The van der Waals surface area contributed by atoms with Gasteiger partial charge in [0, 0.05) is 12.4 Å². The van der Waals surface area contributed by atoms with Crippen LogP contribution in [0, 0.1) is 0 Å². The van der Waals surface area contributed by atoms with Gasteiger partial charge in [-0.15, -0.1) is 0 Å². The second-order valence-electron chi connectivity index (χ2n) is 3.00. The zero-order chi connectivity index (χ0) is 12.7. The fourth-order valence-electron chi connectivity index (χ4n) is 1.06. The number of nitrogens with zero attached hydrogens (tertiary/aromatic N) is 1. The molecule has 0 unspecified atom stereocenters. The highest BCUT2D eigenvalue weighted by atomic mass is 16.4. The van der Waals surface area contributed by atoms with E-state index in [2.05, 4.69) is 4.98 Å². The minimum atomic E-state index is -1.35. The average Bonchev–Trinajstić information content (AvgIpc) is 2.31. The molecule has 0 saturated heterocycles. The van der Waals surface area contributed by atoms with Crippen molar-refractivity contribution in [1.82, 2.24) is 4.98 Å². The predicted octanol–water partition coefficient (Wildman–Crippen LogP) is 1.88. The normalized spacial score (nSPS) is 8.94. The molecule has 2 aromatic rings. The van der Waals surface area contributed by atoms with Gasteiger partial charge in [0.1, 0.15) is 17.1 Å². The molecule has 0 atom stereocenters. The van der Waals surface area contributed by atoms with Gasteiger partial charge in [-0.05, 0) is 24.3 Å². The van der Waals surface area contributed by atoms with E-state index in [-0.39, 0.29) is 0 Å². The van der Waals surface area contributed by atoms with Crippen LogP contribution < -0.4 is 0 Å². The average molecular weight is 233 g/mol. The number of aromatic hydroxyl groups is 2. The first-order valence-corrected chi connectivity index (χ1v) is 4.72. The van der Waals surface area contributed by atoms with Crippen LogP contribution in [0.3, 0.4) is 0 Å². The SMILES string of the molecule is O=C(O)c1c(O)cccc1O.c1ccncc1. The molecule has 1 aromatic carbocycles. The van der Waals surface area contributed by atoms with Gasteiger partial charge in [0.05, 0.1) is 0 Å². The lowest BCUT2D eigenvalue weighted by Crippen LogP contribution is -1.96. The highest BCUT2D eigenvalue weighted by molar-refractivity contribution is 5.93. The van der Waals surface area contributed by atoms with Gasteiger partial charge in [0.15, 0.2) is 0 Å². The number of phenols is 2. The quantitative estimate of drug-likeness (QED) is 0.699. The zero-order valence-corrected chi connectivity index (χ0v) is 8.82. The summed E-state index contributed by atoms with van der Waals surface area (Å²) in [6.07, 6.45) is 3.50. The molecule has 0 fully saturated rings. The number of hydrogen-bond donors (Lipinski definition) is 3. The van der Waals surface area contributed by atoms with Crippen molar-refractivity contribution in [3.63, 3.8) is 0 Å². The highest BCUT2D eigenvalue weighted by Gasteiger charge is 2.13. The van der Waals surface area contributed by atoms with Crippen molar-refractivity contribution in [3.8, 4) is 11.5 Å². The summed E-state index contributed by atoms with van der Waals surface area (Å²) < 4.78 is 0. The van der Waals surface area contributed by atoms with Crippen LogP contribution in [0.15, 0.2) is 48.8 Å². The van der Waals surface area contributed by atoms with E-state index in [4.69, 9.17) is 15.3 Å². The minimum Gasteiger partial charge on any atom is -0.507 e. The number of rotatable bonds is 1. The van der Waals surface area contributed by atoms with Crippen molar-refractivity contribution in [2.75, 3.05) is 0 Å². The molecule has 0 bridgehead atoms. The number of carbonyl (C=O) groups is 1. The van der Waals surface area contributed by atoms with Crippen LogP contribution in [0.5, 0.6) is 11.5 Å². The Morgan fingerprint density at radius 3 is 1.71 bits per heavy atom. The maximum absolute atomic E-state index is 10.3. The molecule has 5 nitrogen and oxygen atoms in total. The van der Waals surface area contributed by atoms with Crippen LogP contribution in [0.1, 0.15) is 10.4 Å². The molecular weight excluding hydrogens is 222 g/mol. The number of pyridine rings is 1. The van der Waals surface area contributed by atoms with Crippen molar-refractivity contribution in [2.45, 2.75) is 0 Å². The molecule has 0 aliphatic heterocycles. The molecule has 1 aromatic heterocycles. The summed E-state index contributed by atoms with van der Waals surface area (Å²) in [6.45, 7) is 0. The van der Waals surface area contributed by atoms with Gasteiger partial charge in [-0.25, -0.2) is 4.79 Å². The van der Waals surface area contributed by atoms with Gasteiger partial charge in [-0.1, -0.05) is 12.1 Å². The minimum absolute atomic E-state index is 0.433. The van der Waals surface area contributed by atoms with E-state index in [0.717, 1.165) is 0 Å². The molecule has 1 heterocycles. The van der Waals surface area contributed by atoms with Gasteiger partial charge in [0.2, 0.25) is 0 Å². The van der Waals surface area contributed by atoms with Crippen molar-refractivity contribution >= 4 is 5.97 Å². The van der Waals surface area contributed by atoms with E-state index in [9.17, 15) is 4.79 Å². The first-order chi connectivity index (χ1) is 8.13. The standard InChI is InChI=1S/C7H6O4.C5H5N/c8-4-2-1-3-5(9)6(4)7(10)11;1-2-4-6-5-3-1/h1-3,8-9H,(H,10,11);1-5H. The summed E-state index contributed by atoms with van der Waals surface area (Å²) in [7, 11) is 0. The summed E-state index contributed by atoms with van der Waals surface area (Å²) in [5, 5.41) is 26.3. The van der Waals surface area contributed by atoms with Crippen molar-refractivity contribution < 1.29 is 20.1 Å². The summed E-state index contributed by atoms with van der Waals surface area (Å²) in [5.74, 6) is -2.21. The van der Waals surface area contributed by atoms with Gasteiger partial charge in [-0.3, -0.25) is 4.98 Å². The fourth-order valence-corrected chi connectivity index (χ4v) is 1.06. The van der Waals surface area contributed by atoms with E-state index in [1.54, 1.807) is 12.4 Å². The second-order valence-corrected chi connectivity index (χ2v) is 3.00. The summed E-state index contributed by atoms with van der Waals surface area (Å²) in [6, 6.07) is 9.47. The van der Waals surface area contributed by atoms with Crippen LogP contribution >= 0.6 is 0 Å². The Hall–Kier alpha value is -2.56. The maximum atomic E-state index is 10.3. The van der Waals surface area contributed by atoms with Crippen molar-refractivity contribution in [2.24, 2.45) is 0 Å². The Kier molecular flexibility index (Phi) is 4.50. The zero-order valence-electron chi connectivity index (χ0n) is 8.82. The van der Waals surface area contributed by atoms with Gasteiger partial charge in [-0.2, -0.15) is 0 Å². The molecule has 0 amide bonds. The second kappa shape index (κ2) is 6.12. The monoisotopic (exact) mass is 233 g/mol. The third-order valence-corrected chi connectivity index (χ3v) is 1.80. The van der Waals surface area contributed by atoms with Crippen LogP contribution in [-0.2, 0) is 0 Å².